The molecule has 0 fully saturated rings. The van der Waals surface area contributed by atoms with E-state index in [4.69, 9.17) is 10.00 Å². The van der Waals surface area contributed by atoms with Gasteiger partial charge in [-0.2, -0.15) is 5.26 Å². The summed E-state index contributed by atoms with van der Waals surface area (Å²) in [6.07, 6.45) is -0.754. The van der Waals surface area contributed by atoms with Crippen LogP contribution in [0.1, 0.15) is 12.5 Å². The Morgan fingerprint density at radius 2 is 2.25 bits per heavy atom. The Kier molecular flexibility index (Phi) is 7.11. The van der Waals surface area contributed by atoms with Crippen molar-refractivity contribution in [1.29, 1.82) is 5.26 Å². The fraction of sp³-hybridized carbons (Fsp3) is 0.429. The highest BCUT2D eigenvalue weighted by molar-refractivity contribution is 5.77. The molecule has 0 heterocycles. The van der Waals surface area contributed by atoms with Crippen LogP contribution in [0, 0.1) is 11.3 Å². The molecule has 6 nitrogen and oxygen atoms in total. The van der Waals surface area contributed by atoms with Gasteiger partial charge < -0.3 is 20.5 Å². The van der Waals surface area contributed by atoms with Crippen molar-refractivity contribution in [3.05, 3.63) is 29.8 Å². The summed E-state index contributed by atoms with van der Waals surface area (Å²) < 4.78 is 5.38. The second kappa shape index (κ2) is 8.91. The zero-order valence-electron chi connectivity index (χ0n) is 11.4. The first-order chi connectivity index (χ1) is 9.67. The van der Waals surface area contributed by atoms with Crippen molar-refractivity contribution in [2.75, 3.05) is 26.2 Å². The molecule has 20 heavy (non-hydrogen) atoms. The van der Waals surface area contributed by atoms with E-state index in [0.29, 0.717) is 17.9 Å². The second-order valence-corrected chi connectivity index (χ2v) is 4.16. The molecule has 1 unspecified atom stereocenters. The minimum Gasteiger partial charge on any atom is -0.489 e. The van der Waals surface area contributed by atoms with E-state index in [9.17, 15) is 9.90 Å². The number of carbonyl (C=O) groups is 1. The Morgan fingerprint density at radius 1 is 1.50 bits per heavy atom. The topological polar surface area (TPSA) is 94.4 Å². The lowest BCUT2D eigenvalue weighted by molar-refractivity contribution is -0.120. The average Bonchev–Trinajstić information content (AvgIpc) is 2.45. The first-order valence-corrected chi connectivity index (χ1v) is 6.44. The number of para-hydroxylation sites is 1. The van der Waals surface area contributed by atoms with Crippen LogP contribution in [0.25, 0.3) is 0 Å². The van der Waals surface area contributed by atoms with Gasteiger partial charge in [0.2, 0.25) is 5.91 Å². The van der Waals surface area contributed by atoms with Gasteiger partial charge in [0.25, 0.3) is 0 Å². The molecule has 0 aliphatic heterocycles. The molecule has 0 saturated carbocycles. The lowest BCUT2D eigenvalue weighted by Crippen LogP contribution is -2.38. The molecule has 0 radical (unpaired) electrons. The van der Waals surface area contributed by atoms with Gasteiger partial charge in [-0.3, -0.25) is 4.79 Å². The van der Waals surface area contributed by atoms with Crippen LogP contribution in [0.15, 0.2) is 24.3 Å². The van der Waals surface area contributed by atoms with Gasteiger partial charge in [0, 0.05) is 13.1 Å². The van der Waals surface area contributed by atoms with E-state index < -0.39 is 6.10 Å². The Balaban J connectivity index is 2.28. The first kappa shape index (κ1) is 16.0. The highest BCUT2D eigenvalue weighted by Crippen LogP contribution is 2.16. The Bertz CT molecular complexity index is 471. The quantitative estimate of drug-likeness (QED) is 0.623. The van der Waals surface area contributed by atoms with Gasteiger partial charge in [-0.15, -0.1) is 0 Å². The largest absolute Gasteiger partial charge is 0.489 e. The maximum atomic E-state index is 11.2. The number of aliphatic hydroxyl groups excluding tert-OH is 1. The predicted molar refractivity (Wildman–Crippen MR) is 74.2 cm³/mol. The van der Waals surface area contributed by atoms with E-state index in [-0.39, 0.29) is 25.6 Å². The molecular formula is C14H19N3O3. The van der Waals surface area contributed by atoms with Crippen molar-refractivity contribution in [3.63, 3.8) is 0 Å². The van der Waals surface area contributed by atoms with E-state index in [2.05, 4.69) is 10.6 Å². The predicted octanol–water partition coefficient (Wildman–Crippen LogP) is 0.0237. The number of nitriles is 1. The number of nitrogens with zero attached hydrogens (tertiary/aromatic N) is 1. The number of nitrogens with one attached hydrogen (secondary N) is 2. The number of likely N-dealkylation sites (N-methyl/N-ethyl adjacent to an activating group) is 1. The van der Waals surface area contributed by atoms with Crippen molar-refractivity contribution < 1.29 is 14.6 Å². The molecule has 1 aromatic carbocycles. The summed E-state index contributed by atoms with van der Waals surface area (Å²) in [6.45, 7) is 2.87. The zero-order valence-corrected chi connectivity index (χ0v) is 11.4. The van der Waals surface area contributed by atoms with Gasteiger partial charge in [-0.05, 0) is 19.1 Å². The van der Waals surface area contributed by atoms with Crippen LogP contribution >= 0.6 is 0 Å². The lowest BCUT2D eigenvalue weighted by atomic mass is 10.2. The zero-order chi connectivity index (χ0) is 14.8. The van der Waals surface area contributed by atoms with Gasteiger partial charge in [0.15, 0.2) is 0 Å². The van der Waals surface area contributed by atoms with Gasteiger partial charge in [-0.1, -0.05) is 12.1 Å². The third-order valence-corrected chi connectivity index (χ3v) is 2.48. The molecule has 108 valence electrons. The summed E-state index contributed by atoms with van der Waals surface area (Å²) in [6, 6.07) is 8.84. The number of amides is 1. The summed E-state index contributed by atoms with van der Waals surface area (Å²) in [5, 5.41) is 24.1. The van der Waals surface area contributed by atoms with E-state index in [1.54, 1.807) is 24.3 Å². The van der Waals surface area contributed by atoms with Gasteiger partial charge in [0.1, 0.15) is 24.5 Å². The normalized spacial score (nSPS) is 11.4. The van der Waals surface area contributed by atoms with Gasteiger partial charge in [0.05, 0.1) is 12.1 Å². The molecule has 0 aliphatic rings. The number of rotatable bonds is 8. The van der Waals surface area contributed by atoms with Crippen LogP contribution in [0.2, 0.25) is 0 Å². The lowest BCUT2D eigenvalue weighted by Gasteiger charge is -2.13. The maximum Gasteiger partial charge on any atom is 0.233 e. The third kappa shape index (κ3) is 5.69. The van der Waals surface area contributed by atoms with Crippen LogP contribution in [0.5, 0.6) is 5.75 Å². The molecular weight excluding hydrogens is 258 g/mol. The highest BCUT2D eigenvalue weighted by atomic mass is 16.5. The molecule has 1 aromatic rings. The number of hydrogen-bond acceptors (Lipinski definition) is 5. The van der Waals surface area contributed by atoms with Crippen molar-refractivity contribution in [2.45, 2.75) is 13.0 Å². The van der Waals surface area contributed by atoms with Crippen molar-refractivity contribution >= 4 is 5.91 Å². The summed E-state index contributed by atoms with van der Waals surface area (Å²) in [5.41, 5.74) is 0.426. The number of hydrogen-bond donors (Lipinski definition) is 3. The molecule has 3 N–H and O–H groups in total. The molecule has 0 aromatic heterocycles. The van der Waals surface area contributed by atoms with Crippen LogP contribution in [-0.2, 0) is 4.79 Å². The van der Waals surface area contributed by atoms with Gasteiger partial charge in [-0.25, -0.2) is 0 Å². The molecule has 1 rings (SSSR count). The van der Waals surface area contributed by atoms with E-state index in [1.807, 2.05) is 13.0 Å². The minimum absolute atomic E-state index is 0.0566. The Morgan fingerprint density at radius 3 is 2.95 bits per heavy atom. The molecule has 6 heteroatoms. The monoisotopic (exact) mass is 277 g/mol. The summed E-state index contributed by atoms with van der Waals surface area (Å²) >= 11 is 0. The van der Waals surface area contributed by atoms with Crippen LogP contribution < -0.4 is 15.4 Å². The Labute approximate surface area is 118 Å². The van der Waals surface area contributed by atoms with Crippen LogP contribution in [0.4, 0.5) is 0 Å². The first-order valence-electron chi connectivity index (χ1n) is 6.44. The summed E-state index contributed by atoms with van der Waals surface area (Å²) in [7, 11) is 0. The molecule has 0 bridgehead atoms. The van der Waals surface area contributed by atoms with E-state index >= 15 is 0 Å². The molecule has 0 aliphatic carbocycles. The van der Waals surface area contributed by atoms with Crippen molar-refractivity contribution in [2.24, 2.45) is 0 Å². The highest BCUT2D eigenvalue weighted by Gasteiger charge is 2.08. The van der Waals surface area contributed by atoms with Crippen LogP contribution in [0.3, 0.4) is 0 Å². The molecule has 0 spiro atoms. The number of aliphatic hydroxyl groups is 1. The van der Waals surface area contributed by atoms with E-state index in [1.165, 1.54) is 0 Å². The minimum atomic E-state index is -0.754. The maximum absolute atomic E-state index is 11.2. The SMILES string of the molecule is CCNC(=O)CNCC(O)COc1ccccc1C#N. The van der Waals surface area contributed by atoms with Gasteiger partial charge >= 0.3 is 0 Å². The fourth-order valence-electron chi connectivity index (χ4n) is 1.54. The molecule has 0 saturated heterocycles. The average molecular weight is 277 g/mol. The summed E-state index contributed by atoms with van der Waals surface area (Å²) in [5.74, 6) is 0.327. The molecule has 1 atom stereocenters. The van der Waals surface area contributed by atoms with Crippen LogP contribution in [-0.4, -0.2) is 43.4 Å². The Hall–Kier alpha value is -2.10. The standard InChI is InChI=1S/C14H19N3O3/c1-2-17-14(19)9-16-8-12(18)10-20-13-6-4-3-5-11(13)7-15/h3-6,12,16,18H,2,8-10H2,1H3,(H,17,19). The number of ether oxygens (including phenoxy) is 1. The van der Waals surface area contributed by atoms with E-state index in [0.717, 1.165) is 0 Å². The number of benzene rings is 1. The van der Waals surface area contributed by atoms with Crippen molar-refractivity contribution in [1.82, 2.24) is 10.6 Å². The fourth-order valence-corrected chi connectivity index (χ4v) is 1.54. The third-order valence-electron chi connectivity index (χ3n) is 2.48. The second-order valence-electron chi connectivity index (χ2n) is 4.16. The van der Waals surface area contributed by atoms with Crippen molar-refractivity contribution in [3.8, 4) is 11.8 Å². The summed E-state index contributed by atoms with van der Waals surface area (Å²) in [4.78, 5) is 11.2. The smallest absolute Gasteiger partial charge is 0.233 e. The molecule has 1 amide bonds. The number of carbonyl (C=O) groups excluding carboxylic acids is 1.